The van der Waals surface area contributed by atoms with Gasteiger partial charge in [0.15, 0.2) is 17.2 Å². The number of imidazole rings is 1. The van der Waals surface area contributed by atoms with Crippen LogP contribution in [-0.4, -0.2) is 32.9 Å². The smallest absolute Gasteiger partial charge is 0.303 e. The highest BCUT2D eigenvalue weighted by Crippen LogP contribution is 2.30. The first-order valence-electron chi connectivity index (χ1n) is 9.89. The van der Waals surface area contributed by atoms with E-state index in [9.17, 15) is 14.7 Å². The predicted molar refractivity (Wildman–Crippen MR) is 111 cm³/mol. The summed E-state index contributed by atoms with van der Waals surface area (Å²) in [4.78, 5) is 29.3. The topological polar surface area (TPSA) is 80.9 Å². The minimum atomic E-state index is -0.915. The van der Waals surface area contributed by atoms with Gasteiger partial charge in [-0.25, -0.2) is 4.98 Å². The maximum Gasteiger partial charge on any atom is 0.303 e. The van der Waals surface area contributed by atoms with Crippen molar-refractivity contribution in [3.8, 4) is 5.75 Å². The van der Waals surface area contributed by atoms with E-state index in [2.05, 4.69) is 4.98 Å². The Morgan fingerprint density at radius 2 is 1.90 bits per heavy atom. The molecule has 0 aliphatic rings. The Kier molecular flexibility index (Phi) is 6.32. The van der Waals surface area contributed by atoms with E-state index in [1.807, 2.05) is 50.2 Å². The van der Waals surface area contributed by atoms with Gasteiger partial charge in [0.1, 0.15) is 5.69 Å². The molecule has 0 spiro atoms. The Balaban J connectivity index is 1.99. The molecule has 3 aromatic rings. The fraction of sp³-hybridized carbons (Fsp3) is 0.348. The van der Waals surface area contributed by atoms with Gasteiger partial charge in [-0.1, -0.05) is 31.2 Å². The Morgan fingerprint density at radius 3 is 2.59 bits per heavy atom. The van der Waals surface area contributed by atoms with Gasteiger partial charge in [0, 0.05) is 18.5 Å². The van der Waals surface area contributed by atoms with Gasteiger partial charge in [-0.3, -0.25) is 14.0 Å². The average Bonchev–Trinajstić information content (AvgIpc) is 3.04. The van der Waals surface area contributed by atoms with Crippen LogP contribution >= 0.6 is 0 Å². The summed E-state index contributed by atoms with van der Waals surface area (Å²) in [6, 6.07) is 11.4. The summed E-state index contributed by atoms with van der Waals surface area (Å²) in [5.41, 5.74) is 3.68. The number of hydrogen-bond donors (Lipinski definition) is 1. The lowest BCUT2D eigenvalue weighted by Crippen LogP contribution is -2.15. The van der Waals surface area contributed by atoms with Gasteiger partial charge in [-0.2, -0.15) is 0 Å². The molecular formula is C23H26N2O4. The Hall–Kier alpha value is -3.15. The molecule has 6 nitrogen and oxygen atoms in total. The van der Waals surface area contributed by atoms with Crippen LogP contribution in [0.3, 0.4) is 0 Å². The Labute approximate surface area is 170 Å². The van der Waals surface area contributed by atoms with E-state index >= 15 is 0 Å². The minimum absolute atomic E-state index is 0.0945. The zero-order chi connectivity index (χ0) is 21.0. The summed E-state index contributed by atoms with van der Waals surface area (Å²) in [6.45, 7) is 6.22. The second kappa shape index (κ2) is 8.90. The van der Waals surface area contributed by atoms with Crippen molar-refractivity contribution in [2.24, 2.45) is 0 Å². The number of nitrogens with zero attached hydrogens (tertiary/aromatic N) is 2. The van der Waals surface area contributed by atoms with Crippen molar-refractivity contribution < 1.29 is 19.4 Å². The van der Waals surface area contributed by atoms with Crippen molar-refractivity contribution >= 4 is 17.4 Å². The molecule has 3 rings (SSSR count). The molecule has 0 aliphatic carbocycles. The van der Waals surface area contributed by atoms with Crippen LogP contribution < -0.4 is 4.74 Å². The van der Waals surface area contributed by atoms with Crippen LogP contribution in [0, 0.1) is 6.92 Å². The molecule has 0 saturated carbocycles. The normalized spacial score (nSPS) is 12.1. The van der Waals surface area contributed by atoms with Crippen LogP contribution in [0.15, 0.2) is 42.6 Å². The summed E-state index contributed by atoms with van der Waals surface area (Å²) in [5.74, 6) is -0.810. The first-order chi connectivity index (χ1) is 14.0. The molecule has 0 saturated heterocycles. The van der Waals surface area contributed by atoms with Crippen molar-refractivity contribution in [2.45, 2.75) is 46.0 Å². The molecule has 1 aromatic carbocycles. The molecule has 1 unspecified atom stereocenters. The lowest BCUT2D eigenvalue weighted by Gasteiger charge is -2.18. The first kappa shape index (κ1) is 20.6. The zero-order valence-electron chi connectivity index (χ0n) is 17.0. The van der Waals surface area contributed by atoms with Crippen LogP contribution in [0.5, 0.6) is 5.75 Å². The number of aryl methyl sites for hydroxylation is 2. The number of carbonyl (C=O) groups excluding carboxylic acids is 1. The van der Waals surface area contributed by atoms with Gasteiger partial charge in [0.2, 0.25) is 0 Å². The highest BCUT2D eigenvalue weighted by molar-refractivity contribution is 5.97. The van der Waals surface area contributed by atoms with E-state index in [0.717, 1.165) is 17.5 Å². The first-order valence-corrected chi connectivity index (χ1v) is 9.89. The number of hydrogen-bond acceptors (Lipinski definition) is 4. The minimum Gasteiger partial charge on any atom is -0.490 e. The molecule has 0 aliphatic heterocycles. The van der Waals surface area contributed by atoms with Crippen LogP contribution in [0.2, 0.25) is 0 Å². The lowest BCUT2D eigenvalue weighted by atomic mass is 9.86. The molecule has 0 amide bonds. The number of aliphatic carboxylic acids is 1. The second-order valence-electron chi connectivity index (χ2n) is 7.02. The van der Waals surface area contributed by atoms with Crippen molar-refractivity contribution in [2.75, 3.05) is 6.61 Å². The number of carboxylic acids is 1. The quantitative estimate of drug-likeness (QED) is 0.543. The number of carbonyl (C=O) groups is 2. The van der Waals surface area contributed by atoms with E-state index in [-0.39, 0.29) is 18.6 Å². The molecule has 1 atom stereocenters. The van der Waals surface area contributed by atoms with Crippen molar-refractivity contribution in [1.82, 2.24) is 9.38 Å². The molecule has 152 valence electrons. The summed E-state index contributed by atoms with van der Waals surface area (Å²) in [7, 11) is 0. The highest BCUT2D eigenvalue weighted by atomic mass is 16.5. The van der Waals surface area contributed by atoms with Gasteiger partial charge in [-0.05, 0) is 43.5 Å². The number of ketones is 1. The van der Waals surface area contributed by atoms with E-state index in [0.29, 0.717) is 29.4 Å². The Bertz CT molecular complexity index is 1040. The lowest BCUT2D eigenvalue weighted by molar-refractivity contribution is -0.137. The van der Waals surface area contributed by atoms with E-state index < -0.39 is 11.9 Å². The van der Waals surface area contributed by atoms with Gasteiger partial charge in [0.25, 0.3) is 0 Å². The average molecular weight is 394 g/mol. The number of fused-ring (bicyclic) bond motifs is 1. The molecule has 29 heavy (non-hydrogen) atoms. The maximum absolute atomic E-state index is 13.3. The van der Waals surface area contributed by atoms with Crippen molar-refractivity contribution in [3.05, 3.63) is 65.1 Å². The number of ether oxygens (including phenoxy) is 1. The van der Waals surface area contributed by atoms with E-state index in [1.54, 1.807) is 17.5 Å². The fourth-order valence-electron chi connectivity index (χ4n) is 3.84. The summed E-state index contributed by atoms with van der Waals surface area (Å²) in [5, 5.41) is 9.43. The Morgan fingerprint density at radius 1 is 1.14 bits per heavy atom. The zero-order valence-corrected chi connectivity index (χ0v) is 17.0. The number of rotatable bonds is 9. The van der Waals surface area contributed by atoms with Gasteiger partial charge < -0.3 is 9.84 Å². The molecule has 2 heterocycles. The molecular weight excluding hydrogens is 368 g/mol. The number of aromatic nitrogens is 2. The SMILES string of the molecule is CCOc1cccn2c(C(=O)CC(CC(=O)O)c3ccccc3CC)c(C)nc12. The van der Waals surface area contributed by atoms with Gasteiger partial charge in [0.05, 0.1) is 18.7 Å². The van der Waals surface area contributed by atoms with Crippen LogP contribution in [0.1, 0.15) is 59.9 Å². The number of benzene rings is 1. The van der Waals surface area contributed by atoms with Crippen molar-refractivity contribution in [1.29, 1.82) is 0 Å². The largest absolute Gasteiger partial charge is 0.490 e. The number of Topliss-reactive ketones (excluding diaryl/α,β-unsaturated/α-hetero) is 1. The molecule has 6 heteroatoms. The summed E-state index contributed by atoms with van der Waals surface area (Å²) >= 11 is 0. The van der Waals surface area contributed by atoms with Gasteiger partial charge >= 0.3 is 5.97 Å². The molecule has 0 fully saturated rings. The highest BCUT2D eigenvalue weighted by Gasteiger charge is 2.25. The summed E-state index contributed by atoms with van der Waals surface area (Å²) in [6.07, 6.45) is 2.59. The third-order valence-corrected chi connectivity index (χ3v) is 5.08. The van der Waals surface area contributed by atoms with E-state index in [1.165, 1.54) is 0 Å². The maximum atomic E-state index is 13.3. The third kappa shape index (κ3) is 4.31. The monoisotopic (exact) mass is 394 g/mol. The van der Waals surface area contributed by atoms with E-state index in [4.69, 9.17) is 4.74 Å². The van der Waals surface area contributed by atoms with Crippen LogP contribution in [-0.2, 0) is 11.2 Å². The molecule has 0 radical (unpaired) electrons. The fourth-order valence-corrected chi connectivity index (χ4v) is 3.84. The van der Waals surface area contributed by atoms with Crippen LogP contribution in [0.4, 0.5) is 0 Å². The molecule has 1 N–H and O–H groups in total. The second-order valence-corrected chi connectivity index (χ2v) is 7.02. The summed E-state index contributed by atoms with van der Waals surface area (Å²) < 4.78 is 7.37. The predicted octanol–water partition coefficient (Wildman–Crippen LogP) is 4.44. The third-order valence-electron chi connectivity index (χ3n) is 5.08. The van der Waals surface area contributed by atoms with Gasteiger partial charge in [-0.15, -0.1) is 0 Å². The standard InChI is InChI=1S/C23H26N2O4/c1-4-16-9-6-7-10-18(16)17(14-21(27)28)13-19(26)22-15(3)24-23-20(29-5-2)11-8-12-25(22)23/h6-12,17H,4-5,13-14H2,1-3H3,(H,27,28). The molecule has 0 bridgehead atoms. The number of pyridine rings is 1. The molecule has 2 aromatic heterocycles. The van der Waals surface area contributed by atoms with Crippen molar-refractivity contribution in [3.63, 3.8) is 0 Å². The number of carboxylic acid groups (broad SMARTS) is 1. The van der Waals surface area contributed by atoms with Crippen LogP contribution in [0.25, 0.3) is 5.65 Å².